The van der Waals surface area contributed by atoms with Gasteiger partial charge < -0.3 is 15.4 Å². The zero-order chi connectivity index (χ0) is 14.6. The Morgan fingerprint density at radius 3 is 2.76 bits per heavy atom. The zero-order valence-corrected chi connectivity index (χ0v) is 17.4. The molecule has 0 saturated heterocycles. The number of guanidine groups is 1. The average molecular weight is 490 g/mol. The number of hydrogen-bond donors (Lipinski definition) is 2. The van der Waals surface area contributed by atoms with E-state index in [0.717, 1.165) is 51.6 Å². The summed E-state index contributed by atoms with van der Waals surface area (Å²) in [5, 5.41) is 6.62. The molecule has 0 bridgehead atoms. The number of aliphatic imine (C=N–C) groups is 1. The highest BCUT2D eigenvalue weighted by atomic mass is 127. The van der Waals surface area contributed by atoms with E-state index >= 15 is 0 Å². The van der Waals surface area contributed by atoms with Crippen LogP contribution in [0.15, 0.2) is 20.9 Å². The molecule has 0 amide bonds. The van der Waals surface area contributed by atoms with Crippen LogP contribution in [0.4, 0.5) is 0 Å². The molecule has 0 aliphatic carbocycles. The van der Waals surface area contributed by atoms with E-state index in [1.807, 2.05) is 6.92 Å². The van der Waals surface area contributed by atoms with Crippen LogP contribution in [-0.2, 0) is 11.2 Å². The van der Waals surface area contributed by atoms with Crippen LogP contribution in [0.2, 0.25) is 0 Å². The van der Waals surface area contributed by atoms with Crippen LogP contribution >= 0.6 is 51.2 Å². The Hall–Kier alpha value is 0.140. The Morgan fingerprint density at radius 2 is 2.14 bits per heavy atom. The van der Waals surface area contributed by atoms with Crippen LogP contribution in [0.5, 0.6) is 0 Å². The molecule has 1 rings (SSSR count). The van der Waals surface area contributed by atoms with Crippen molar-refractivity contribution < 1.29 is 4.74 Å². The SMILES string of the molecule is CCNC(=NCCCOCC)NCCc1ccc(Br)s1.I. The zero-order valence-electron chi connectivity index (χ0n) is 12.7. The highest BCUT2D eigenvalue weighted by Crippen LogP contribution is 2.21. The number of ether oxygens (including phenoxy) is 1. The number of nitrogens with zero attached hydrogens (tertiary/aromatic N) is 1. The van der Waals surface area contributed by atoms with Crippen molar-refractivity contribution in [1.29, 1.82) is 0 Å². The largest absolute Gasteiger partial charge is 0.382 e. The predicted molar refractivity (Wildman–Crippen MR) is 106 cm³/mol. The fraction of sp³-hybridized carbons (Fsp3) is 0.643. The third kappa shape index (κ3) is 10.5. The second kappa shape index (κ2) is 13.8. The molecule has 0 radical (unpaired) electrons. The Morgan fingerprint density at radius 1 is 1.33 bits per heavy atom. The van der Waals surface area contributed by atoms with Gasteiger partial charge in [0.15, 0.2) is 5.96 Å². The minimum Gasteiger partial charge on any atom is -0.382 e. The topological polar surface area (TPSA) is 45.7 Å². The number of thiophene rings is 1. The molecule has 0 aliphatic rings. The molecule has 4 nitrogen and oxygen atoms in total. The smallest absolute Gasteiger partial charge is 0.191 e. The van der Waals surface area contributed by atoms with Gasteiger partial charge in [-0.2, -0.15) is 0 Å². The highest BCUT2D eigenvalue weighted by Gasteiger charge is 2.00. The van der Waals surface area contributed by atoms with E-state index in [0.29, 0.717) is 0 Å². The molecule has 0 spiro atoms. The van der Waals surface area contributed by atoms with E-state index in [9.17, 15) is 0 Å². The van der Waals surface area contributed by atoms with Crippen molar-refractivity contribution >= 4 is 57.2 Å². The van der Waals surface area contributed by atoms with E-state index in [4.69, 9.17) is 4.74 Å². The van der Waals surface area contributed by atoms with Crippen LogP contribution in [0.1, 0.15) is 25.1 Å². The van der Waals surface area contributed by atoms with Crippen molar-refractivity contribution in [1.82, 2.24) is 10.6 Å². The summed E-state index contributed by atoms with van der Waals surface area (Å²) in [5.74, 6) is 0.889. The molecule has 0 unspecified atom stereocenters. The number of hydrogen-bond acceptors (Lipinski definition) is 3. The quantitative estimate of drug-likeness (QED) is 0.241. The van der Waals surface area contributed by atoms with Crippen molar-refractivity contribution in [2.45, 2.75) is 26.7 Å². The summed E-state index contributed by atoms with van der Waals surface area (Å²) in [5.41, 5.74) is 0. The number of halogens is 2. The van der Waals surface area contributed by atoms with Gasteiger partial charge in [0.25, 0.3) is 0 Å². The lowest BCUT2D eigenvalue weighted by molar-refractivity contribution is 0.146. The van der Waals surface area contributed by atoms with Crippen molar-refractivity contribution in [3.05, 3.63) is 20.8 Å². The van der Waals surface area contributed by atoms with Gasteiger partial charge in [-0.05, 0) is 54.8 Å². The summed E-state index contributed by atoms with van der Waals surface area (Å²) in [6.07, 6.45) is 1.97. The molecule has 0 atom stereocenters. The molecular formula is C14H25BrIN3OS. The summed E-state index contributed by atoms with van der Waals surface area (Å²) in [6, 6.07) is 4.25. The molecule has 0 saturated carbocycles. The maximum Gasteiger partial charge on any atom is 0.191 e. The molecule has 21 heavy (non-hydrogen) atoms. The van der Waals surface area contributed by atoms with Gasteiger partial charge in [0.05, 0.1) is 3.79 Å². The minimum atomic E-state index is 0. The Bertz CT molecular complexity index is 401. The Labute approximate surface area is 157 Å². The van der Waals surface area contributed by atoms with Crippen LogP contribution in [0.25, 0.3) is 0 Å². The summed E-state index contributed by atoms with van der Waals surface area (Å²) < 4.78 is 6.49. The van der Waals surface area contributed by atoms with Crippen molar-refractivity contribution in [3.8, 4) is 0 Å². The van der Waals surface area contributed by atoms with E-state index in [-0.39, 0.29) is 24.0 Å². The second-order valence-corrected chi connectivity index (χ2v) is 6.74. The molecule has 1 aromatic rings. The van der Waals surface area contributed by atoms with Crippen molar-refractivity contribution in [2.24, 2.45) is 4.99 Å². The second-order valence-electron chi connectivity index (χ2n) is 4.19. The molecule has 7 heteroatoms. The average Bonchev–Trinajstić information content (AvgIpc) is 2.84. The Balaban J connectivity index is 0.00000400. The van der Waals surface area contributed by atoms with Crippen LogP contribution in [-0.4, -0.2) is 38.8 Å². The lowest BCUT2D eigenvalue weighted by Crippen LogP contribution is -2.38. The first-order valence-corrected chi connectivity index (χ1v) is 8.71. The third-order valence-corrected chi connectivity index (χ3v) is 4.24. The van der Waals surface area contributed by atoms with Gasteiger partial charge in [-0.25, -0.2) is 0 Å². The minimum absolute atomic E-state index is 0. The van der Waals surface area contributed by atoms with Gasteiger partial charge in [-0.1, -0.05) is 0 Å². The molecule has 1 aromatic heterocycles. The first-order chi connectivity index (χ1) is 9.76. The van der Waals surface area contributed by atoms with Gasteiger partial charge in [-0.3, -0.25) is 4.99 Å². The first kappa shape index (κ1) is 21.1. The third-order valence-electron chi connectivity index (χ3n) is 2.56. The molecular weight excluding hydrogens is 465 g/mol. The van der Waals surface area contributed by atoms with Gasteiger partial charge in [-0.15, -0.1) is 35.3 Å². The van der Waals surface area contributed by atoms with Crippen molar-refractivity contribution in [2.75, 3.05) is 32.8 Å². The van der Waals surface area contributed by atoms with E-state index in [2.05, 4.69) is 50.6 Å². The maximum absolute atomic E-state index is 5.30. The molecule has 0 fully saturated rings. The molecule has 1 heterocycles. The first-order valence-electron chi connectivity index (χ1n) is 7.10. The molecule has 0 aliphatic heterocycles. The fourth-order valence-corrected chi connectivity index (χ4v) is 3.12. The number of nitrogens with one attached hydrogen (secondary N) is 2. The summed E-state index contributed by atoms with van der Waals surface area (Å²) in [4.78, 5) is 5.90. The Kier molecular flexibility index (Phi) is 13.9. The normalized spacial score (nSPS) is 11.1. The predicted octanol–water partition coefficient (Wildman–Crippen LogP) is 3.65. The molecule has 122 valence electrons. The van der Waals surface area contributed by atoms with Gasteiger partial charge in [0.1, 0.15) is 0 Å². The molecule has 0 aromatic carbocycles. The van der Waals surface area contributed by atoms with E-state index in [1.54, 1.807) is 11.3 Å². The summed E-state index contributed by atoms with van der Waals surface area (Å²) in [6.45, 7) is 8.21. The van der Waals surface area contributed by atoms with Crippen molar-refractivity contribution in [3.63, 3.8) is 0 Å². The van der Waals surface area contributed by atoms with Crippen LogP contribution in [0, 0.1) is 0 Å². The van der Waals surface area contributed by atoms with Crippen LogP contribution in [0.3, 0.4) is 0 Å². The van der Waals surface area contributed by atoms with Crippen LogP contribution < -0.4 is 10.6 Å². The molecule has 2 N–H and O–H groups in total. The maximum atomic E-state index is 5.30. The summed E-state index contributed by atoms with van der Waals surface area (Å²) in [7, 11) is 0. The standard InChI is InChI=1S/C14H24BrN3OS.HI/c1-3-16-14(17-9-5-11-19-4-2)18-10-8-12-6-7-13(15)20-12;/h6-7H,3-5,8-11H2,1-2H3,(H2,16,17,18);1H. The summed E-state index contributed by atoms with van der Waals surface area (Å²) >= 11 is 5.26. The fourth-order valence-electron chi connectivity index (χ4n) is 1.63. The van der Waals surface area contributed by atoms with Gasteiger partial charge in [0.2, 0.25) is 0 Å². The van der Waals surface area contributed by atoms with E-state index in [1.165, 1.54) is 8.66 Å². The number of rotatable bonds is 9. The van der Waals surface area contributed by atoms with Gasteiger partial charge >= 0.3 is 0 Å². The highest BCUT2D eigenvalue weighted by molar-refractivity contribution is 14.0. The van der Waals surface area contributed by atoms with Gasteiger partial charge in [0, 0.05) is 37.7 Å². The van der Waals surface area contributed by atoms with E-state index < -0.39 is 0 Å². The lowest BCUT2D eigenvalue weighted by Gasteiger charge is -2.10. The monoisotopic (exact) mass is 489 g/mol. The lowest BCUT2D eigenvalue weighted by atomic mass is 10.3.